The smallest absolute Gasteiger partial charge is 0.223 e. The lowest BCUT2D eigenvalue weighted by atomic mass is 9.91. The summed E-state index contributed by atoms with van der Waals surface area (Å²) >= 11 is 0. The van der Waals surface area contributed by atoms with Gasteiger partial charge >= 0.3 is 0 Å². The van der Waals surface area contributed by atoms with E-state index >= 15 is 0 Å². The molecular formula is C13H25ClN2O2. The molecule has 2 rings (SSSR count). The monoisotopic (exact) mass is 276 g/mol. The number of nitrogens with one attached hydrogen (secondary N) is 2. The summed E-state index contributed by atoms with van der Waals surface area (Å²) in [7, 11) is 1.68. The summed E-state index contributed by atoms with van der Waals surface area (Å²) < 4.78 is 5.11. The first kappa shape index (κ1) is 15.7. The first-order valence-electron chi connectivity index (χ1n) is 6.72. The molecule has 1 saturated heterocycles. The van der Waals surface area contributed by atoms with Crippen LogP contribution in [0.1, 0.15) is 32.6 Å². The number of hydrogen-bond donors (Lipinski definition) is 2. The zero-order valence-corrected chi connectivity index (χ0v) is 12.1. The van der Waals surface area contributed by atoms with E-state index in [0.717, 1.165) is 38.8 Å². The summed E-state index contributed by atoms with van der Waals surface area (Å²) in [4.78, 5) is 12.1. The Hall–Kier alpha value is -0.320. The lowest BCUT2D eigenvalue weighted by Crippen LogP contribution is -2.40. The van der Waals surface area contributed by atoms with Gasteiger partial charge in [0.15, 0.2) is 0 Å². The highest BCUT2D eigenvalue weighted by molar-refractivity contribution is 5.85. The maximum Gasteiger partial charge on any atom is 0.223 e. The Morgan fingerprint density at radius 3 is 2.72 bits per heavy atom. The van der Waals surface area contributed by atoms with E-state index in [9.17, 15) is 4.79 Å². The van der Waals surface area contributed by atoms with E-state index in [4.69, 9.17) is 4.74 Å². The highest BCUT2D eigenvalue weighted by atomic mass is 35.5. The molecule has 0 aromatic carbocycles. The summed E-state index contributed by atoms with van der Waals surface area (Å²) in [6.07, 6.45) is 4.34. The van der Waals surface area contributed by atoms with Crippen LogP contribution < -0.4 is 10.6 Å². The largest absolute Gasteiger partial charge is 0.383 e. The molecule has 4 nitrogen and oxygen atoms in total. The Morgan fingerprint density at radius 1 is 1.50 bits per heavy atom. The average Bonchev–Trinajstić information content (AvgIpc) is 3.03. The fraction of sp³-hybridized carbons (Fsp3) is 0.923. The molecular weight excluding hydrogens is 252 g/mol. The van der Waals surface area contributed by atoms with E-state index in [1.165, 1.54) is 0 Å². The van der Waals surface area contributed by atoms with E-state index in [-0.39, 0.29) is 30.3 Å². The lowest BCUT2D eigenvalue weighted by Gasteiger charge is -2.24. The standard InChI is InChI=1S/C13H24N2O2.ClH/c1-3-10(9-17-2)15-12(16)11-8-13(11)4-6-14-7-5-13;/h10-11,14H,3-9H2,1-2H3,(H,15,16);1H. The molecule has 18 heavy (non-hydrogen) atoms. The predicted octanol–water partition coefficient (Wildman–Crippen LogP) is 1.34. The molecule has 1 amide bonds. The van der Waals surface area contributed by atoms with Crippen molar-refractivity contribution in [1.82, 2.24) is 10.6 Å². The van der Waals surface area contributed by atoms with Gasteiger partial charge in [-0.15, -0.1) is 12.4 Å². The molecule has 106 valence electrons. The number of carbonyl (C=O) groups excluding carboxylic acids is 1. The second-order valence-electron chi connectivity index (χ2n) is 5.44. The third-order valence-corrected chi connectivity index (χ3v) is 4.31. The fourth-order valence-corrected chi connectivity index (χ4v) is 2.96. The topological polar surface area (TPSA) is 50.4 Å². The molecule has 2 fully saturated rings. The van der Waals surface area contributed by atoms with E-state index < -0.39 is 0 Å². The normalized spacial score (nSPS) is 26.2. The van der Waals surface area contributed by atoms with Crippen molar-refractivity contribution in [2.75, 3.05) is 26.8 Å². The van der Waals surface area contributed by atoms with Gasteiger partial charge in [-0.3, -0.25) is 4.79 Å². The van der Waals surface area contributed by atoms with Gasteiger partial charge < -0.3 is 15.4 Å². The summed E-state index contributed by atoms with van der Waals surface area (Å²) in [6.45, 7) is 4.83. The fourth-order valence-electron chi connectivity index (χ4n) is 2.96. The molecule has 2 N–H and O–H groups in total. The van der Waals surface area contributed by atoms with Crippen molar-refractivity contribution in [3.05, 3.63) is 0 Å². The molecule has 1 heterocycles. The molecule has 0 aromatic heterocycles. The van der Waals surface area contributed by atoms with Gasteiger partial charge in [-0.2, -0.15) is 0 Å². The summed E-state index contributed by atoms with van der Waals surface area (Å²) in [5.74, 6) is 0.506. The first-order chi connectivity index (χ1) is 8.22. The minimum absolute atomic E-state index is 0. The zero-order valence-electron chi connectivity index (χ0n) is 11.3. The number of ether oxygens (including phenoxy) is 1. The number of rotatable bonds is 5. The van der Waals surface area contributed by atoms with Gasteiger partial charge in [-0.1, -0.05) is 6.92 Å². The van der Waals surface area contributed by atoms with Crippen molar-refractivity contribution in [2.45, 2.75) is 38.6 Å². The number of halogens is 1. The van der Waals surface area contributed by atoms with Gasteiger partial charge in [0.2, 0.25) is 5.91 Å². The number of carbonyl (C=O) groups is 1. The quantitative estimate of drug-likeness (QED) is 0.797. The Kier molecular flexibility index (Phi) is 5.89. The second-order valence-corrected chi connectivity index (χ2v) is 5.44. The van der Waals surface area contributed by atoms with Crippen molar-refractivity contribution in [3.63, 3.8) is 0 Å². The van der Waals surface area contributed by atoms with Crippen molar-refractivity contribution < 1.29 is 9.53 Å². The van der Waals surface area contributed by atoms with Crippen LogP contribution >= 0.6 is 12.4 Å². The van der Waals surface area contributed by atoms with Gasteiger partial charge in [-0.25, -0.2) is 0 Å². The summed E-state index contributed by atoms with van der Waals surface area (Å²) in [5, 5.41) is 6.48. The van der Waals surface area contributed by atoms with Crippen LogP contribution in [0.5, 0.6) is 0 Å². The van der Waals surface area contributed by atoms with Crippen LogP contribution in [0.2, 0.25) is 0 Å². The van der Waals surface area contributed by atoms with Crippen LogP contribution in [0.3, 0.4) is 0 Å². The third-order valence-electron chi connectivity index (χ3n) is 4.31. The van der Waals surface area contributed by atoms with Crippen LogP contribution in [0, 0.1) is 11.3 Å². The maximum atomic E-state index is 12.1. The van der Waals surface area contributed by atoms with E-state index in [1.54, 1.807) is 7.11 Å². The molecule has 1 aliphatic carbocycles. The molecule has 5 heteroatoms. The van der Waals surface area contributed by atoms with Crippen LogP contribution in [0.4, 0.5) is 0 Å². The number of methoxy groups -OCH3 is 1. The van der Waals surface area contributed by atoms with Crippen LogP contribution in [-0.4, -0.2) is 38.8 Å². The van der Waals surface area contributed by atoms with Crippen LogP contribution in [0.25, 0.3) is 0 Å². The SMILES string of the molecule is CCC(COC)NC(=O)C1CC12CCNCC2.Cl. The van der Waals surface area contributed by atoms with Crippen molar-refractivity contribution in [1.29, 1.82) is 0 Å². The van der Waals surface area contributed by atoms with Gasteiger partial charge in [0.1, 0.15) is 0 Å². The molecule has 1 saturated carbocycles. The molecule has 2 atom stereocenters. The first-order valence-corrected chi connectivity index (χ1v) is 6.72. The van der Waals surface area contributed by atoms with E-state index in [0.29, 0.717) is 12.0 Å². The minimum atomic E-state index is 0. The molecule has 1 aliphatic heterocycles. The third kappa shape index (κ3) is 3.37. The Morgan fingerprint density at radius 2 is 2.17 bits per heavy atom. The number of amides is 1. The zero-order chi connectivity index (χ0) is 12.3. The second kappa shape index (κ2) is 6.73. The highest BCUT2D eigenvalue weighted by Gasteiger charge is 2.57. The summed E-state index contributed by atoms with van der Waals surface area (Å²) in [5.41, 5.74) is 0.334. The van der Waals surface area contributed by atoms with Crippen molar-refractivity contribution in [2.24, 2.45) is 11.3 Å². The number of hydrogen-bond acceptors (Lipinski definition) is 3. The minimum Gasteiger partial charge on any atom is -0.383 e. The maximum absolute atomic E-state index is 12.1. The molecule has 0 bridgehead atoms. The van der Waals surface area contributed by atoms with Gasteiger partial charge in [-0.05, 0) is 44.2 Å². The average molecular weight is 277 g/mol. The highest BCUT2D eigenvalue weighted by Crippen LogP contribution is 2.58. The molecule has 0 radical (unpaired) electrons. The van der Waals surface area contributed by atoms with Crippen molar-refractivity contribution in [3.8, 4) is 0 Å². The lowest BCUT2D eigenvalue weighted by molar-refractivity contribution is -0.124. The van der Waals surface area contributed by atoms with Gasteiger partial charge in [0.05, 0.1) is 12.6 Å². The van der Waals surface area contributed by atoms with Crippen LogP contribution in [-0.2, 0) is 9.53 Å². The number of piperidine rings is 1. The van der Waals surface area contributed by atoms with Crippen LogP contribution in [0.15, 0.2) is 0 Å². The van der Waals surface area contributed by atoms with E-state index in [2.05, 4.69) is 17.6 Å². The molecule has 2 unspecified atom stereocenters. The van der Waals surface area contributed by atoms with Crippen molar-refractivity contribution >= 4 is 18.3 Å². The van der Waals surface area contributed by atoms with Gasteiger partial charge in [0.25, 0.3) is 0 Å². The predicted molar refractivity (Wildman–Crippen MR) is 74.0 cm³/mol. The van der Waals surface area contributed by atoms with E-state index in [1.807, 2.05) is 0 Å². The Balaban J connectivity index is 0.00000162. The summed E-state index contributed by atoms with van der Waals surface area (Å²) in [6, 6.07) is 0.173. The molecule has 2 aliphatic rings. The van der Waals surface area contributed by atoms with Gasteiger partial charge in [0, 0.05) is 13.0 Å². The Labute approximate surface area is 116 Å². The molecule has 1 spiro atoms. The molecule has 0 aromatic rings. The Bertz CT molecular complexity index is 280.